The zero-order valence-corrected chi connectivity index (χ0v) is 16.5. The van der Waals surface area contributed by atoms with Crippen LogP contribution in [-0.2, 0) is 9.59 Å². The zero-order chi connectivity index (χ0) is 20.6. The lowest BCUT2D eigenvalue weighted by Gasteiger charge is -2.20. The molecule has 0 unspecified atom stereocenters. The van der Waals surface area contributed by atoms with Crippen LogP contribution >= 0.6 is 0 Å². The molecule has 1 rings (SSSR count). The van der Waals surface area contributed by atoms with Crippen LogP contribution in [0, 0.1) is 0 Å². The van der Waals surface area contributed by atoms with E-state index < -0.39 is 11.9 Å². The topological polar surface area (TPSA) is 80.3 Å². The third-order valence-corrected chi connectivity index (χ3v) is 3.09. The van der Waals surface area contributed by atoms with E-state index in [0.717, 1.165) is 0 Å². The Kier molecular flexibility index (Phi) is 8.38. The summed E-state index contributed by atoms with van der Waals surface area (Å²) in [7, 11) is 0. The first kappa shape index (κ1) is 22.1. The number of rotatable bonds is 10. The Morgan fingerprint density at radius 2 is 1.22 bits per heavy atom. The summed E-state index contributed by atoms with van der Waals surface area (Å²) in [5.74, 6) is -0.773. The summed E-state index contributed by atoms with van der Waals surface area (Å²) in [6.45, 7) is 16.3. The number of hydrogen-bond donors (Lipinski definition) is 0. The quantitative estimate of drug-likeness (QED) is 0.347. The van der Waals surface area contributed by atoms with E-state index in [4.69, 9.17) is 23.7 Å². The third kappa shape index (κ3) is 5.77. The first-order chi connectivity index (χ1) is 12.8. The number of benzene rings is 1. The van der Waals surface area contributed by atoms with Crippen molar-refractivity contribution in [2.24, 2.45) is 0 Å². The van der Waals surface area contributed by atoms with Gasteiger partial charge in [-0.15, -0.1) is 0 Å². The van der Waals surface area contributed by atoms with Crippen LogP contribution in [0.4, 0.5) is 0 Å². The molecule has 0 radical (unpaired) electrons. The molecule has 0 heterocycles. The van der Waals surface area contributed by atoms with Crippen molar-refractivity contribution in [2.45, 2.75) is 34.6 Å². The van der Waals surface area contributed by atoms with E-state index >= 15 is 0 Å². The van der Waals surface area contributed by atoms with Crippen LogP contribution < -0.4 is 23.7 Å². The van der Waals surface area contributed by atoms with Crippen molar-refractivity contribution in [3.05, 3.63) is 30.4 Å². The second-order valence-electron chi connectivity index (χ2n) is 5.50. The van der Waals surface area contributed by atoms with Gasteiger partial charge in [-0.3, -0.25) is 0 Å². The van der Waals surface area contributed by atoms with Gasteiger partial charge in [-0.05, 0) is 34.6 Å². The first-order valence-corrected chi connectivity index (χ1v) is 8.61. The van der Waals surface area contributed by atoms with Crippen LogP contribution in [0.5, 0.6) is 28.7 Å². The minimum atomic E-state index is -0.647. The number of carbonyl (C=O) groups excluding carboxylic acids is 2. The summed E-state index contributed by atoms with van der Waals surface area (Å²) in [4.78, 5) is 24.1. The summed E-state index contributed by atoms with van der Waals surface area (Å²) in [6.07, 6.45) is 0. The molecule has 148 valence electrons. The molecule has 0 saturated heterocycles. The average molecular weight is 378 g/mol. The molecule has 0 N–H and O–H groups in total. The predicted octanol–water partition coefficient (Wildman–Crippen LogP) is 3.85. The molecule has 0 saturated carbocycles. The maximum atomic E-state index is 12.1. The maximum Gasteiger partial charge on any atom is 0.338 e. The molecule has 27 heavy (non-hydrogen) atoms. The van der Waals surface area contributed by atoms with Gasteiger partial charge in [-0.25, -0.2) is 9.59 Å². The van der Waals surface area contributed by atoms with Gasteiger partial charge in [0.1, 0.15) is 0 Å². The molecule has 0 aliphatic rings. The number of hydrogen-bond acceptors (Lipinski definition) is 7. The Balaban J connectivity index is 3.65. The Hall–Kier alpha value is -2.96. The second kappa shape index (κ2) is 10.3. The number of carbonyl (C=O) groups is 2. The second-order valence-corrected chi connectivity index (χ2v) is 5.50. The molecule has 1 aromatic rings. The smallest absolute Gasteiger partial charge is 0.338 e. The minimum Gasteiger partial charge on any atom is -0.490 e. The minimum absolute atomic E-state index is 0.0327. The van der Waals surface area contributed by atoms with Gasteiger partial charge >= 0.3 is 11.9 Å². The van der Waals surface area contributed by atoms with Crippen LogP contribution in [0.15, 0.2) is 30.4 Å². The molecule has 7 nitrogen and oxygen atoms in total. The first-order valence-electron chi connectivity index (χ1n) is 8.61. The van der Waals surface area contributed by atoms with Gasteiger partial charge in [0.05, 0.1) is 19.8 Å². The van der Waals surface area contributed by atoms with E-state index in [-0.39, 0.29) is 59.7 Å². The Morgan fingerprint density at radius 3 is 1.70 bits per heavy atom. The van der Waals surface area contributed by atoms with Crippen LogP contribution in [0.2, 0.25) is 0 Å². The van der Waals surface area contributed by atoms with Gasteiger partial charge in [0.25, 0.3) is 0 Å². The van der Waals surface area contributed by atoms with Crippen molar-refractivity contribution in [1.29, 1.82) is 0 Å². The van der Waals surface area contributed by atoms with E-state index in [1.807, 2.05) is 0 Å². The molecule has 0 aliphatic carbocycles. The lowest BCUT2D eigenvalue weighted by Crippen LogP contribution is -2.14. The Labute approximate surface area is 159 Å². The molecular weight excluding hydrogens is 352 g/mol. The number of esters is 2. The lowest BCUT2D eigenvalue weighted by molar-refractivity contribution is -0.131. The van der Waals surface area contributed by atoms with Crippen molar-refractivity contribution in [2.75, 3.05) is 19.8 Å². The van der Waals surface area contributed by atoms with Gasteiger partial charge in [-0.2, -0.15) is 0 Å². The summed E-state index contributed by atoms with van der Waals surface area (Å²) in [5, 5.41) is 0. The summed E-state index contributed by atoms with van der Waals surface area (Å²) >= 11 is 0. The highest BCUT2D eigenvalue weighted by atomic mass is 16.6. The van der Waals surface area contributed by atoms with Gasteiger partial charge in [-0.1, -0.05) is 13.2 Å². The highest BCUT2D eigenvalue weighted by Crippen LogP contribution is 2.51. The van der Waals surface area contributed by atoms with Crippen molar-refractivity contribution in [3.8, 4) is 28.7 Å². The fraction of sp³-hybridized carbons (Fsp3) is 0.400. The van der Waals surface area contributed by atoms with Crippen LogP contribution in [-0.4, -0.2) is 31.8 Å². The molecule has 0 aliphatic heterocycles. The van der Waals surface area contributed by atoms with Crippen LogP contribution in [0.3, 0.4) is 0 Å². The van der Waals surface area contributed by atoms with E-state index in [1.165, 1.54) is 19.9 Å². The molecule has 7 heteroatoms. The molecule has 0 spiro atoms. The summed E-state index contributed by atoms with van der Waals surface area (Å²) in [5.41, 5.74) is 0.418. The Bertz CT molecular complexity index is 734. The van der Waals surface area contributed by atoms with E-state index in [9.17, 15) is 9.59 Å². The standard InChI is InChI=1S/C20H26O7/c1-8-23-14-11-15(26-19(21)12(4)5)16(24-9-2)18(25-10-3)17(14)27-20(22)13(6)7/h11H,4,6,8-10H2,1-3,5,7H3. The van der Waals surface area contributed by atoms with Crippen molar-refractivity contribution >= 4 is 11.9 Å². The Morgan fingerprint density at radius 1 is 0.741 bits per heavy atom. The molecular formula is C20H26O7. The third-order valence-electron chi connectivity index (χ3n) is 3.09. The van der Waals surface area contributed by atoms with Crippen molar-refractivity contribution in [3.63, 3.8) is 0 Å². The lowest BCUT2D eigenvalue weighted by atomic mass is 10.2. The van der Waals surface area contributed by atoms with Crippen LogP contribution in [0.1, 0.15) is 34.6 Å². The normalized spacial score (nSPS) is 9.96. The van der Waals surface area contributed by atoms with Gasteiger partial charge < -0.3 is 23.7 Å². The van der Waals surface area contributed by atoms with E-state index in [1.54, 1.807) is 20.8 Å². The van der Waals surface area contributed by atoms with Crippen molar-refractivity contribution in [1.82, 2.24) is 0 Å². The van der Waals surface area contributed by atoms with Crippen molar-refractivity contribution < 1.29 is 33.3 Å². The summed E-state index contributed by atoms with van der Waals surface area (Å²) < 4.78 is 27.6. The number of ether oxygens (including phenoxy) is 5. The molecule has 0 amide bonds. The highest BCUT2D eigenvalue weighted by Gasteiger charge is 2.27. The molecule has 0 aromatic heterocycles. The van der Waals surface area contributed by atoms with Gasteiger partial charge in [0.15, 0.2) is 11.5 Å². The largest absolute Gasteiger partial charge is 0.490 e. The molecule has 1 aromatic carbocycles. The zero-order valence-electron chi connectivity index (χ0n) is 16.5. The molecule has 0 fully saturated rings. The molecule has 0 atom stereocenters. The average Bonchev–Trinajstić information content (AvgIpc) is 2.60. The monoisotopic (exact) mass is 378 g/mol. The fourth-order valence-electron chi connectivity index (χ4n) is 1.94. The SMILES string of the molecule is C=C(C)C(=O)Oc1cc(OCC)c(OC(=O)C(=C)C)c(OCC)c1OCC. The van der Waals surface area contributed by atoms with Gasteiger partial charge in [0.2, 0.25) is 17.2 Å². The van der Waals surface area contributed by atoms with E-state index in [2.05, 4.69) is 13.2 Å². The van der Waals surface area contributed by atoms with E-state index in [0.29, 0.717) is 0 Å². The summed E-state index contributed by atoms with van der Waals surface area (Å²) in [6, 6.07) is 1.42. The maximum absolute atomic E-state index is 12.1. The molecule has 0 bridgehead atoms. The predicted molar refractivity (Wildman–Crippen MR) is 101 cm³/mol. The van der Waals surface area contributed by atoms with Gasteiger partial charge in [0, 0.05) is 17.2 Å². The fourth-order valence-corrected chi connectivity index (χ4v) is 1.94. The highest BCUT2D eigenvalue weighted by molar-refractivity contribution is 5.91. The van der Waals surface area contributed by atoms with Crippen LogP contribution in [0.25, 0.3) is 0 Å².